The molecule has 0 fully saturated rings. The third kappa shape index (κ3) is 5.76. The molecule has 11 aromatic rings. The molecule has 0 unspecified atom stereocenters. The molecule has 0 saturated heterocycles. The third-order valence-corrected chi connectivity index (χ3v) is 20.9. The van der Waals surface area contributed by atoms with Crippen LogP contribution in [0.5, 0.6) is 0 Å². The van der Waals surface area contributed by atoms with E-state index in [0.717, 1.165) is 0 Å². The maximum absolute atomic E-state index is 2.64. The molecule has 13 rings (SSSR count). The molecule has 4 aromatic heterocycles. The second kappa shape index (κ2) is 13.1. The van der Waals surface area contributed by atoms with Crippen molar-refractivity contribution in [3.05, 3.63) is 125 Å². The topological polar surface area (TPSA) is 8.82 Å². The van der Waals surface area contributed by atoms with Gasteiger partial charge in [0, 0.05) is 0 Å². The molecule has 0 spiro atoms. The standard InChI is InChI=1S/C62H61BN2Se2/c1-58(2,3)32-16-20-45-37(24-32)39-26-34(60(7,8)9)28-41-51-47(64(45)54(39)41)22-18-43-56(51)66-49-30-36(62(13,14)15)31-50-53(49)63(43)44-19-23-48-52(57(44)67-50)42-29-35(61(10,11)12)27-40-38-25-33(59(4,5)6)17-21-46(38)65(48)55(40)42/h16-31H,1-15H3. The molecule has 0 saturated carbocycles. The first-order valence-corrected chi connectivity index (χ1v) is 28.0. The van der Waals surface area contributed by atoms with Crippen molar-refractivity contribution >= 4 is 147 Å². The van der Waals surface area contributed by atoms with Crippen molar-refractivity contribution in [1.29, 1.82) is 0 Å². The van der Waals surface area contributed by atoms with Crippen molar-refractivity contribution < 1.29 is 0 Å². The van der Waals surface area contributed by atoms with Crippen LogP contribution in [0.25, 0.3) is 76.2 Å². The van der Waals surface area contributed by atoms with Gasteiger partial charge in [0.15, 0.2) is 0 Å². The van der Waals surface area contributed by atoms with E-state index in [4.69, 9.17) is 0 Å². The molecule has 0 aliphatic carbocycles. The van der Waals surface area contributed by atoms with Crippen LogP contribution < -0.4 is 34.2 Å². The molecule has 2 aliphatic rings. The van der Waals surface area contributed by atoms with Gasteiger partial charge in [-0.15, -0.1) is 0 Å². The SMILES string of the molecule is CC(C)(C)c1cc2c3c(c1)[Se]c1c(ccc4c1c1cc(C(C)(C)C)cc5c6cc(C(C)(C)C)ccc6n4c51)B3c1ccc3c(c1[Se]2)c1cc(C(C)(C)C)cc2c4cc(C(C)(C)C)ccc4n3c21. The van der Waals surface area contributed by atoms with Crippen molar-refractivity contribution in [2.45, 2.75) is 131 Å². The normalized spacial score (nSPS) is 14.9. The molecular weight excluding hydrogens is 941 g/mol. The van der Waals surface area contributed by atoms with Gasteiger partial charge in [0.25, 0.3) is 0 Å². The number of rotatable bonds is 0. The summed E-state index contributed by atoms with van der Waals surface area (Å²) >= 11 is 0.263. The molecule has 0 radical (unpaired) electrons. The predicted octanol–water partition coefficient (Wildman–Crippen LogP) is 10.9. The molecule has 0 amide bonds. The van der Waals surface area contributed by atoms with Crippen molar-refractivity contribution in [2.24, 2.45) is 0 Å². The Balaban J connectivity index is 1.15. The Kier molecular flexibility index (Phi) is 8.28. The Morgan fingerprint density at radius 1 is 0.343 bits per heavy atom. The molecule has 5 heteroatoms. The van der Waals surface area contributed by atoms with Gasteiger partial charge in [0.1, 0.15) is 0 Å². The number of aromatic nitrogens is 2. The molecule has 0 N–H and O–H groups in total. The van der Waals surface area contributed by atoms with Gasteiger partial charge in [-0.25, -0.2) is 0 Å². The van der Waals surface area contributed by atoms with Crippen molar-refractivity contribution in [2.75, 3.05) is 0 Å². The summed E-state index contributed by atoms with van der Waals surface area (Å²) in [5, 5.41) is 11.4. The van der Waals surface area contributed by atoms with Gasteiger partial charge >= 0.3 is 412 Å². The van der Waals surface area contributed by atoms with Gasteiger partial charge < -0.3 is 0 Å². The van der Waals surface area contributed by atoms with Gasteiger partial charge in [-0.05, 0) is 0 Å². The molecule has 67 heavy (non-hydrogen) atoms. The fraction of sp³-hybridized carbons (Fsp3) is 0.323. The van der Waals surface area contributed by atoms with E-state index < -0.39 is 0 Å². The Labute approximate surface area is 409 Å². The maximum atomic E-state index is 2.64. The monoisotopic (exact) mass is 1000 g/mol. The Morgan fingerprint density at radius 2 is 0.672 bits per heavy atom. The molecule has 7 aromatic carbocycles. The number of fused-ring (bicyclic) bond motifs is 18. The fourth-order valence-corrected chi connectivity index (χ4v) is 18.0. The first-order valence-electron chi connectivity index (χ1n) is 24.5. The van der Waals surface area contributed by atoms with E-state index in [2.05, 4.69) is 210 Å². The van der Waals surface area contributed by atoms with Crippen molar-refractivity contribution in [1.82, 2.24) is 8.80 Å². The zero-order valence-electron chi connectivity index (χ0n) is 42.0. The van der Waals surface area contributed by atoms with Crippen LogP contribution >= 0.6 is 0 Å². The second-order valence-electron chi connectivity index (χ2n) is 25.5. The molecule has 0 bridgehead atoms. The summed E-state index contributed by atoms with van der Waals surface area (Å²) in [4.78, 5) is 0. The van der Waals surface area contributed by atoms with Gasteiger partial charge in [0.05, 0.1) is 0 Å². The Morgan fingerprint density at radius 3 is 1.04 bits per heavy atom. The molecule has 6 heterocycles. The van der Waals surface area contributed by atoms with Crippen molar-refractivity contribution in [3.63, 3.8) is 0 Å². The zero-order chi connectivity index (χ0) is 47.0. The first-order chi connectivity index (χ1) is 31.4. The van der Waals surface area contributed by atoms with Gasteiger partial charge in [-0.2, -0.15) is 0 Å². The fourth-order valence-electron chi connectivity index (χ4n) is 11.9. The van der Waals surface area contributed by atoms with Crippen LogP contribution in [-0.4, -0.2) is 45.4 Å². The average molecular weight is 1000 g/mol. The Bertz CT molecular complexity index is 3740. The van der Waals surface area contributed by atoms with Gasteiger partial charge in [0.2, 0.25) is 0 Å². The van der Waals surface area contributed by atoms with E-state index in [1.54, 1.807) is 23.3 Å². The van der Waals surface area contributed by atoms with E-state index in [1.165, 1.54) is 115 Å². The van der Waals surface area contributed by atoms with E-state index >= 15 is 0 Å². The Hall–Kier alpha value is -4.76. The quantitative estimate of drug-likeness (QED) is 0.134. The second-order valence-corrected chi connectivity index (χ2v) is 29.9. The van der Waals surface area contributed by atoms with Crippen LogP contribution in [-0.2, 0) is 27.1 Å². The van der Waals surface area contributed by atoms with E-state index in [0.29, 0.717) is 0 Å². The summed E-state index contributed by atoms with van der Waals surface area (Å²) in [5.74, 6) is 0. The van der Waals surface area contributed by atoms with Gasteiger partial charge in [-0.1, -0.05) is 0 Å². The summed E-state index contributed by atoms with van der Waals surface area (Å²) in [6.45, 7) is 35.8. The van der Waals surface area contributed by atoms with Crippen LogP contribution in [0.4, 0.5) is 0 Å². The van der Waals surface area contributed by atoms with Crippen LogP contribution in [0.1, 0.15) is 132 Å². The summed E-state index contributed by atoms with van der Waals surface area (Å²) in [6.07, 6.45) is 0. The van der Waals surface area contributed by atoms with Crippen LogP contribution in [0.3, 0.4) is 0 Å². The van der Waals surface area contributed by atoms with Gasteiger partial charge in [-0.3, -0.25) is 0 Å². The molecule has 334 valence electrons. The third-order valence-electron chi connectivity index (χ3n) is 15.8. The molecule has 0 atom stereocenters. The predicted molar refractivity (Wildman–Crippen MR) is 297 cm³/mol. The number of benzene rings is 7. The van der Waals surface area contributed by atoms with Crippen LogP contribution in [0.2, 0.25) is 0 Å². The summed E-state index contributed by atoms with van der Waals surface area (Å²) in [7, 11) is 0. The zero-order valence-corrected chi connectivity index (χ0v) is 45.5. The number of hydrogen-bond donors (Lipinski definition) is 0. The van der Waals surface area contributed by atoms with E-state index in [1.807, 2.05) is 0 Å². The van der Waals surface area contributed by atoms with Crippen LogP contribution in [0, 0.1) is 0 Å². The molecule has 2 aliphatic heterocycles. The first kappa shape index (κ1) is 42.4. The summed E-state index contributed by atoms with van der Waals surface area (Å²) < 4.78 is 11.6. The number of nitrogens with zero attached hydrogens (tertiary/aromatic N) is 2. The van der Waals surface area contributed by atoms with E-state index in [-0.39, 0.29) is 63.7 Å². The van der Waals surface area contributed by atoms with E-state index in [9.17, 15) is 0 Å². The summed E-state index contributed by atoms with van der Waals surface area (Å²) in [6, 6.07) is 40.3. The van der Waals surface area contributed by atoms with Crippen LogP contribution in [0.15, 0.2) is 97.1 Å². The molecule has 2 nitrogen and oxygen atoms in total. The van der Waals surface area contributed by atoms with Crippen molar-refractivity contribution in [3.8, 4) is 0 Å². The number of hydrogen-bond acceptors (Lipinski definition) is 0. The average Bonchev–Trinajstić information content (AvgIpc) is 3.97. The minimum atomic E-state index is 0.00619. The molecular formula is C62H61BN2Se2. The minimum absolute atomic E-state index is 0.00619. The summed E-state index contributed by atoms with van der Waals surface area (Å²) in [5.41, 5.74) is 20.1.